The van der Waals surface area contributed by atoms with E-state index in [1.165, 1.54) is 32.0 Å². The van der Waals surface area contributed by atoms with Crippen molar-refractivity contribution in [2.24, 2.45) is 0 Å². The summed E-state index contributed by atoms with van der Waals surface area (Å²) in [5, 5.41) is 11.5. The molecule has 0 bridgehead atoms. The Morgan fingerprint density at radius 1 is 0.969 bits per heavy atom. The van der Waals surface area contributed by atoms with Crippen LogP contribution < -0.4 is 19.8 Å². The second-order valence-corrected chi connectivity index (χ2v) is 7.68. The summed E-state index contributed by atoms with van der Waals surface area (Å²) in [5.74, 6) is 0.120. The number of benzene rings is 2. The second kappa shape index (κ2) is 8.54. The molecular weight excluding hydrogens is 427 g/mol. The topological polar surface area (TPSA) is 69.9 Å². The van der Waals surface area contributed by atoms with Crippen LogP contribution in [0.4, 0.5) is 13.2 Å². The zero-order valence-corrected chi connectivity index (χ0v) is 18.6. The second-order valence-electron chi connectivity index (χ2n) is 7.68. The molecule has 0 spiro atoms. The highest BCUT2D eigenvalue weighted by Crippen LogP contribution is 2.49. The molecule has 0 saturated heterocycles. The van der Waals surface area contributed by atoms with Gasteiger partial charge in [-0.25, -0.2) is 0 Å². The number of aromatic nitrogens is 1. The van der Waals surface area contributed by atoms with Crippen LogP contribution in [0.5, 0.6) is 17.2 Å². The summed E-state index contributed by atoms with van der Waals surface area (Å²) in [6, 6.07) is 6.01. The van der Waals surface area contributed by atoms with E-state index in [9.17, 15) is 23.1 Å². The zero-order chi connectivity index (χ0) is 23.8. The molecule has 0 fully saturated rings. The number of aliphatic hydroxyl groups is 1. The van der Waals surface area contributed by atoms with Crippen LogP contribution in [-0.4, -0.2) is 37.2 Å². The van der Waals surface area contributed by atoms with Gasteiger partial charge >= 0.3 is 6.18 Å². The van der Waals surface area contributed by atoms with Gasteiger partial charge < -0.3 is 23.9 Å². The van der Waals surface area contributed by atoms with Gasteiger partial charge in [-0.1, -0.05) is 13.3 Å². The first-order chi connectivity index (χ1) is 15.0. The molecule has 1 N–H and O–H groups in total. The summed E-state index contributed by atoms with van der Waals surface area (Å²) >= 11 is 0. The van der Waals surface area contributed by atoms with E-state index in [4.69, 9.17) is 14.2 Å². The van der Waals surface area contributed by atoms with Gasteiger partial charge in [-0.05, 0) is 43.0 Å². The summed E-state index contributed by atoms with van der Waals surface area (Å²) in [7, 11) is 3.95. The van der Waals surface area contributed by atoms with Crippen LogP contribution in [0.25, 0.3) is 21.7 Å². The summed E-state index contributed by atoms with van der Waals surface area (Å²) in [4.78, 5) is 13.4. The smallest absolute Gasteiger partial charge is 0.421 e. The minimum Gasteiger partial charge on any atom is -0.497 e. The molecule has 0 aliphatic carbocycles. The van der Waals surface area contributed by atoms with E-state index >= 15 is 0 Å². The lowest BCUT2D eigenvalue weighted by atomic mass is 9.91. The number of ether oxygens (including phenoxy) is 3. The molecule has 3 rings (SSSR count). The van der Waals surface area contributed by atoms with Crippen LogP contribution in [0.15, 0.2) is 29.1 Å². The number of aryl methyl sites for hydroxylation is 1. The van der Waals surface area contributed by atoms with E-state index in [1.807, 2.05) is 6.92 Å². The number of hydrogen-bond acceptors (Lipinski definition) is 5. The molecule has 1 aromatic heterocycles. The highest BCUT2D eigenvalue weighted by Gasteiger charge is 2.53. The minimum atomic E-state index is -4.98. The van der Waals surface area contributed by atoms with Gasteiger partial charge in [0, 0.05) is 17.5 Å². The van der Waals surface area contributed by atoms with Crippen molar-refractivity contribution in [2.75, 3.05) is 21.3 Å². The summed E-state index contributed by atoms with van der Waals surface area (Å²) in [6.45, 7) is 2.95. The van der Waals surface area contributed by atoms with Crippen molar-refractivity contribution in [1.82, 2.24) is 4.57 Å². The van der Waals surface area contributed by atoms with E-state index in [0.717, 1.165) is 6.42 Å². The standard InChI is InChI=1S/C23H26F3NO5/c1-6-7-10-27-18-15(14-9-8-13(30-3)11-16(14)21(27)28)12-17(19(31-4)20(18)32-5)22(2,29)23(24,25)26/h8-9,11-12,29H,6-7,10H2,1-5H3. The van der Waals surface area contributed by atoms with Gasteiger partial charge in [0.25, 0.3) is 5.56 Å². The predicted molar refractivity (Wildman–Crippen MR) is 116 cm³/mol. The van der Waals surface area contributed by atoms with Crippen molar-refractivity contribution in [1.29, 1.82) is 0 Å². The molecular formula is C23H26F3NO5. The largest absolute Gasteiger partial charge is 0.497 e. The third kappa shape index (κ3) is 3.64. The molecule has 2 aromatic carbocycles. The van der Waals surface area contributed by atoms with Gasteiger partial charge in [-0.3, -0.25) is 4.79 Å². The van der Waals surface area contributed by atoms with Crippen LogP contribution in [0, 0.1) is 0 Å². The van der Waals surface area contributed by atoms with E-state index in [0.29, 0.717) is 41.9 Å². The SMILES string of the molecule is CCCCn1c(=O)c2cc(OC)ccc2c2cc(C(C)(O)C(F)(F)F)c(OC)c(OC)c21. The number of alkyl halides is 3. The van der Waals surface area contributed by atoms with Gasteiger partial charge in [0.1, 0.15) is 5.75 Å². The fourth-order valence-electron chi connectivity index (χ4n) is 3.85. The normalized spacial score (nSPS) is 13.9. The third-order valence-electron chi connectivity index (χ3n) is 5.69. The Bertz CT molecular complexity index is 1210. The fourth-order valence-corrected chi connectivity index (χ4v) is 3.85. The maximum Gasteiger partial charge on any atom is 0.421 e. The minimum absolute atomic E-state index is 0.0459. The Kier molecular flexibility index (Phi) is 6.33. The van der Waals surface area contributed by atoms with Gasteiger partial charge in [-0.2, -0.15) is 13.2 Å². The Balaban J connectivity index is 2.61. The first-order valence-electron chi connectivity index (χ1n) is 10.1. The quantitative estimate of drug-likeness (QED) is 0.523. The van der Waals surface area contributed by atoms with Crippen LogP contribution in [0.1, 0.15) is 32.3 Å². The molecule has 0 aliphatic heterocycles. The Labute approximate surface area is 183 Å². The van der Waals surface area contributed by atoms with E-state index in [2.05, 4.69) is 0 Å². The monoisotopic (exact) mass is 453 g/mol. The highest BCUT2D eigenvalue weighted by atomic mass is 19.4. The van der Waals surface area contributed by atoms with Gasteiger partial charge in [-0.15, -0.1) is 0 Å². The molecule has 1 atom stereocenters. The van der Waals surface area contributed by atoms with Crippen LogP contribution in [0.2, 0.25) is 0 Å². The fraction of sp³-hybridized carbons (Fsp3) is 0.435. The number of pyridine rings is 1. The molecule has 0 amide bonds. The van der Waals surface area contributed by atoms with Crippen molar-refractivity contribution in [2.45, 2.75) is 45.0 Å². The lowest BCUT2D eigenvalue weighted by Gasteiger charge is -2.30. The summed E-state index contributed by atoms with van der Waals surface area (Å²) in [6.07, 6.45) is -3.52. The molecule has 1 unspecified atom stereocenters. The number of methoxy groups -OCH3 is 3. The average Bonchev–Trinajstić information content (AvgIpc) is 2.76. The number of fused-ring (bicyclic) bond motifs is 3. The number of unbranched alkanes of at least 4 members (excludes halogenated alkanes) is 1. The van der Waals surface area contributed by atoms with Gasteiger partial charge in [0.2, 0.25) is 0 Å². The summed E-state index contributed by atoms with van der Waals surface area (Å²) < 4.78 is 58.8. The molecule has 3 aromatic rings. The van der Waals surface area contributed by atoms with Crippen molar-refractivity contribution >= 4 is 21.7 Å². The van der Waals surface area contributed by atoms with Crippen molar-refractivity contribution in [3.8, 4) is 17.2 Å². The molecule has 0 aliphatic rings. The molecule has 9 heteroatoms. The van der Waals surface area contributed by atoms with Crippen molar-refractivity contribution in [3.63, 3.8) is 0 Å². The molecule has 6 nitrogen and oxygen atoms in total. The van der Waals surface area contributed by atoms with Crippen LogP contribution >= 0.6 is 0 Å². The van der Waals surface area contributed by atoms with E-state index in [1.54, 1.807) is 18.2 Å². The molecule has 0 radical (unpaired) electrons. The summed E-state index contributed by atoms with van der Waals surface area (Å²) in [5.41, 5.74) is -3.74. The Morgan fingerprint density at radius 3 is 2.16 bits per heavy atom. The Hall–Kier alpha value is -2.94. The molecule has 32 heavy (non-hydrogen) atoms. The predicted octanol–water partition coefficient (Wildman–Crippen LogP) is 4.75. The third-order valence-corrected chi connectivity index (χ3v) is 5.69. The Morgan fingerprint density at radius 2 is 1.62 bits per heavy atom. The molecule has 174 valence electrons. The number of nitrogens with zero attached hydrogens (tertiary/aromatic N) is 1. The van der Waals surface area contributed by atoms with Crippen molar-refractivity contribution < 1.29 is 32.5 Å². The highest BCUT2D eigenvalue weighted by molar-refractivity contribution is 6.09. The number of halogens is 3. The van der Waals surface area contributed by atoms with Crippen molar-refractivity contribution in [3.05, 3.63) is 40.2 Å². The first-order valence-corrected chi connectivity index (χ1v) is 10.1. The van der Waals surface area contributed by atoms with Crippen LogP contribution in [-0.2, 0) is 12.1 Å². The van der Waals surface area contributed by atoms with Gasteiger partial charge in [0.05, 0.1) is 32.2 Å². The maximum atomic E-state index is 13.8. The number of hydrogen-bond donors (Lipinski definition) is 1. The van der Waals surface area contributed by atoms with Crippen LogP contribution in [0.3, 0.4) is 0 Å². The number of rotatable bonds is 7. The zero-order valence-electron chi connectivity index (χ0n) is 18.6. The maximum absolute atomic E-state index is 13.8. The lowest BCUT2D eigenvalue weighted by Crippen LogP contribution is -2.39. The van der Waals surface area contributed by atoms with E-state index in [-0.39, 0.29) is 22.4 Å². The van der Waals surface area contributed by atoms with Gasteiger partial charge in [0.15, 0.2) is 17.1 Å². The molecule has 0 saturated carbocycles. The first kappa shape index (κ1) is 23.7. The molecule has 1 heterocycles. The van der Waals surface area contributed by atoms with E-state index < -0.39 is 17.3 Å². The average molecular weight is 453 g/mol. The lowest BCUT2D eigenvalue weighted by molar-refractivity contribution is -0.259.